The van der Waals surface area contributed by atoms with Crippen LogP contribution in [-0.4, -0.2) is 27.8 Å². The second-order valence-electron chi connectivity index (χ2n) is 0.408. The highest BCUT2D eigenvalue weighted by Gasteiger charge is 1.25. The molecule has 0 unspecified atom stereocenters. The third kappa shape index (κ3) is 118. The Kier molecular flexibility index (Phi) is 2530. The summed E-state index contributed by atoms with van der Waals surface area (Å²) in [7, 11) is 3.25. The van der Waals surface area contributed by atoms with Gasteiger partial charge in [0.15, 0.2) is 0 Å². The van der Waals surface area contributed by atoms with Crippen molar-refractivity contribution in [3.05, 3.63) is 0 Å². The first-order valence-corrected chi connectivity index (χ1v) is 1.39. The van der Waals surface area contributed by atoms with E-state index in [0.29, 0.717) is 0 Å². The van der Waals surface area contributed by atoms with Gasteiger partial charge in [-0.25, -0.2) is 0 Å². The van der Waals surface area contributed by atoms with Crippen molar-refractivity contribution in [1.29, 1.82) is 0 Å². The fourth-order valence-electron chi connectivity index (χ4n) is 0. The summed E-state index contributed by atoms with van der Waals surface area (Å²) in [5.41, 5.74) is 0. The highest BCUT2D eigenvalue weighted by atomic mass is 16.4. The van der Waals surface area contributed by atoms with Gasteiger partial charge in [0.05, 0.1) is 0 Å². The van der Waals surface area contributed by atoms with Crippen LogP contribution in [-0.2, 0) is 14.3 Å². The molecular formula is C4H10O3. The lowest BCUT2D eigenvalue weighted by atomic mass is 11.6. The second-order valence-corrected chi connectivity index (χ2v) is 0.408. The molecule has 7 heavy (non-hydrogen) atoms. The van der Waals surface area contributed by atoms with E-state index in [9.17, 15) is 0 Å². The van der Waals surface area contributed by atoms with Gasteiger partial charge in [-0.2, -0.15) is 0 Å². The molecule has 3 heteroatoms. The molecule has 0 heterocycles. The number of hydrogen-bond acceptors (Lipinski definition) is 3. The van der Waals surface area contributed by atoms with Crippen LogP contribution in [0, 0.1) is 0 Å². The molecule has 0 N–H and O–H groups in total. The maximum absolute atomic E-state index is 8.00. The normalized spacial score (nSPS) is 3.71. The molecule has 0 aromatic rings. The number of carbonyl (C=O) groups excluding carboxylic acids is 2. The van der Waals surface area contributed by atoms with Crippen molar-refractivity contribution in [2.24, 2.45) is 0 Å². The van der Waals surface area contributed by atoms with Gasteiger partial charge in [-0.1, -0.05) is 0 Å². The first-order valence-electron chi connectivity index (χ1n) is 1.39. The number of carbonyl (C=O) groups is 2. The average molecular weight is 106 g/mol. The summed E-state index contributed by atoms with van der Waals surface area (Å²) in [6, 6.07) is 0. The topological polar surface area (TPSA) is 43.4 Å². The molecule has 3 nitrogen and oxygen atoms in total. The molecule has 0 amide bonds. The van der Waals surface area contributed by atoms with Gasteiger partial charge in [0.25, 0.3) is 0 Å². The lowest BCUT2D eigenvalue weighted by molar-refractivity contribution is -0.0987. The Hall–Kier alpha value is -0.700. The van der Waals surface area contributed by atoms with E-state index in [2.05, 4.69) is 4.74 Å². The highest BCUT2D eigenvalue weighted by molar-refractivity contribution is 5.11. The van der Waals surface area contributed by atoms with E-state index in [4.69, 9.17) is 9.59 Å². The monoisotopic (exact) mass is 106 g/mol. The molecule has 0 aromatic heterocycles. The van der Waals surface area contributed by atoms with Crippen LogP contribution in [0.3, 0.4) is 0 Å². The Morgan fingerprint density at radius 2 is 1.00 bits per heavy atom. The zero-order chi connectivity index (χ0) is 6.71. The van der Waals surface area contributed by atoms with E-state index in [-0.39, 0.29) is 0 Å². The number of rotatable bonds is 0. The Morgan fingerprint density at radius 1 is 1.00 bits per heavy atom. The van der Waals surface area contributed by atoms with Crippen LogP contribution in [0.1, 0.15) is 0 Å². The van der Waals surface area contributed by atoms with Crippen LogP contribution in [0.2, 0.25) is 0 Å². The average Bonchev–Trinajstić information content (AvgIpc) is 1.78. The predicted molar refractivity (Wildman–Crippen MR) is 27.2 cm³/mol. The lowest BCUT2D eigenvalue weighted by Gasteiger charge is -1.61. The number of ether oxygens (including phenoxy) is 1. The van der Waals surface area contributed by atoms with Crippen molar-refractivity contribution in [2.45, 2.75) is 0 Å². The molecule has 0 rings (SSSR count). The molecule has 0 atom stereocenters. The smallest absolute Gasteiger partial charge is 0.106 e. The SMILES string of the molecule is C=O.C=O.COC. The van der Waals surface area contributed by atoms with E-state index in [0.717, 1.165) is 0 Å². The molecule has 0 saturated carbocycles. The van der Waals surface area contributed by atoms with Gasteiger partial charge in [-0.3, -0.25) is 0 Å². The molecule has 0 radical (unpaired) electrons. The highest BCUT2D eigenvalue weighted by Crippen LogP contribution is 1.28. The van der Waals surface area contributed by atoms with Crippen LogP contribution in [0.15, 0.2) is 0 Å². The van der Waals surface area contributed by atoms with Gasteiger partial charge in [0.2, 0.25) is 0 Å². The summed E-state index contributed by atoms with van der Waals surface area (Å²) in [4.78, 5) is 16.0. The van der Waals surface area contributed by atoms with E-state index in [1.807, 2.05) is 13.6 Å². The van der Waals surface area contributed by atoms with Crippen molar-refractivity contribution in [1.82, 2.24) is 0 Å². The number of hydrogen-bond donors (Lipinski definition) is 0. The predicted octanol–water partition coefficient (Wildman–Crippen LogP) is -0.107. The van der Waals surface area contributed by atoms with Crippen LogP contribution in [0.25, 0.3) is 0 Å². The van der Waals surface area contributed by atoms with Gasteiger partial charge in [-0.05, 0) is 0 Å². The Bertz CT molecular complexity index is 14.4. The summed E-state index contributed by atoms with van der Waals surface area (Å²) in [5.74, 6) is 0. The maximum Gasteiger partial charge on any atom is 0.106 e. The summed E-state index contributed by atoms with van der Waals surface area (Å²) >= 11 is 0. The van der Waals surface area contributed by atoms with Crippen molar-refractivity contribution in [3.63, 3.8) is 0 Å². The van der Waals surface area contributed by atoms with Crippen molar-refractivity contribution in [3.8, 4) is 0 Å². The first-order chi connectivity index (χ1) is 3.41. The lowest BCUT2D eigenvalue weighted by Crippen LogP contribution is -1.55. The van der Waals surface area contributed by atoms with Gasteiger partial charge in [0.1, 0.15) is 13.6 Å². The van der Waals surface area contributed by atoms with Gasteiger partial charge in [0, 0.05) is 14.2 Å². The van der Waals surface area contributed by atoms with Crippen molar-refractivity contribution >= 4 is 13.6 Å². The summed E-state index contributed by atoms with van der Waals surface area (Å²) in [5, 5.41) is 0. The second kappa shape index (κ2) is 1090. The zero-order valence-corrected chi connectivity index (χ0v) is 4.64. The van der Waals surface area contributed by atoms with Crippen LogP contribution >= 0.6 is 0 Å². The minimum absolute atomic E-state index is 1.62. The third-order valence-corrected chi connectivity index (χ3v) is 0. The number of methoxy groups -OCH3 is 1. The molecular weight excluding hydrogens is 96.0 g/mol. The molecule has 0 bridgehead atoms. The van der Waals surface area contributed by atoms with E-state index in [1.54, 1.807) is 14.2 Å². The van der Waals surface area contributed by atoms with Crippen LogP contribution in [0.5, 0.6) is 0 Å². The fourth-order valence-corrected chi connectivity index (χ4v) is 0. The van der Waals surface area contributed by atoms with Gasteiger partial charge >= 0.3 is 0 Å². The van der Waals surface area contributed by atoms with E-state index >= 15 is 0 Å². The standard InChI is InChI=1S/C2H6O.2CH2O/c1-3-2;2*1-2/h1-2H3;2*1H2. The molecule has 0 aliphatic carbocycles. The molecule has 0 aromatic carbocycles. The van der Waals surface area contributed by atoms with Gasteiger partial charge in [-0.15, -0.1) is 0 Å². The van der Waals surface area contributed by atoms with E-state index < -0.39 is 0 Å². The molecule has 0 fully saturated rings. The summed E-state index contributed by atoms with van der Waals surface area (Å²) in [6.07, 6.45) is 0. The zero-order valence-electron chi connectivity index (χ0n) is 4.64. The Balaban J connectivity index is -0.0000000360. The van der Waals surface area contributed by atoms with Gasteiger partial charge < -0.3 is 14.3 Å². The minimum atomic E-state index is 1.62. The first kappa shape index (κ1) is 16.3. The summed E-state index contributed by atoms with van der Waals surface area (Å²) in [6.45, 7) is 4.00. The largest absolute Gasteiger partial charge is 0.388 e. The maximum atomic E-state index is 8.00. The molecule has 0 aliphatic heterocycles. The quantitative estimate of drug-likeness (QED) is 0.433. The molecule has 0 saturated heterocycles. The third-order valence-electron chi connectivity index (χ3n) is 0. The minimum Gasteiger partial charge on any atom is -0.388 e. The van der Waals surface area contributed by atoms with Crippen LogP contribution < -0.4 is 0 Å². The molecule has 44 valence electrons. The summed E-state index contributed by atoms with van der Waals surface area (Å²) < 4.78 is 4.25. The van der Waals surface area contributed by atoms with Crippen LogP contribution in [0.4, 0.5) is 0 Å². The van der Waals surface area contributed by atoms with Crippen molar-refractivity contribution in [2.75, 3.05) is 14.2 Å². The molecule has 0 aliphatic rings. The Labute approximate surface area is 43.3 Å². The van der Waals surface area contributed by atoms with Crippen molar-refractivity contribution < 1.29 is 14.3 Å². The fraction of sp³-hybridized carbons (Fsp3) is 0.500. The van der Waals surface area contributed by atoms with E-state index in [1.165, 1.54) is 0 Å². The Morgan fingerprint density at radius 3 is 1.00 bits per heavy atom. The molecule has 0 spiro atoms.